The van der Waals surface area contributed by atoms with E-state index in [1.165, 1.54) is 30.5 Å². The predicted molar refractivity (Wildman–Crippen MR) is 106 cm³/mol. The lowest BCUT2D eigenvalue weighted by atomic mass is 10.1. The maximum atomic E-state index is 12.7. The SMILES string of the molecule is O=C(Nc1ccc(OC(F)F)cc1)c1cnc(N2CC[C@@H](O)C2)c(-c2ccn[nH]2)c1. The minimum Gasteiger partial charge on any atom is -0.435 e. The van der Waals surface area contributed by atoms with Gasteiger partial charge in [-0.3, -0.25) is 9.89 Å². The first-order chi connectivity index (χ1) is 14.5. The van der Waals surface area contributed by atoms with Gasteiger partial charge >= 0.3 is 6.61 Å². The molecule has 3 aromatic rings. The lowest BCUT2D eigenvalue weighted by Gasteiger charge is -2.20. The van der Waals surface area contributed by atoms with Gasteiger partial charge in [-0.25, -0.2) is 4.98 Å². The normalized spacial score (nSPS) is 16.1. The number of rotatable bonds is 6. The summed E-state index contributed by atoms with van der Waals surface area (Å²) < 4.78 is 28.8. The zero-order valence-corrected chi connectivity index (χ0v) is 15.8. The fourth-order valence-corrected chi connectivity index (χ4v) is 3.29. The highest BCUT2D eigenvalue weighted by molar-refractivity contribution is 6.05. The minimum atomic E-state index is -2.91. The maximum Gasteiger partial charge on any atom is 0.387 e. The van der Waals surface area contributed by atoms with E-state index in [2.05, 4.69) is 25.2 Å². The Labute approximate surface area is 170 Å². The number of hydrogen-bond acceptors (Lipinski definition) is 6. The van der Waals surface area contributed by atoms with Crippen molar-refractivity contribution < 1.29 is 23.4 Å². The molecule has 4 rings (SSSR count). The topological polar surface area (TPSA) is 103 Å². The fourth-order valence-electron chi connectivity index (χ4n) is 3.29. The van der Waals surface area contributed by atoms with Crippen LogP contribution in [0.25, 0.3) is 11.3 Å². The molecular formula is C20H19F2N5O3. The monoisotopic (exact) mass is 415 g/mol. The summed E-state index contributed by atoms with van der Waals surface area (Å²) in [6.45, 7) is -1.78. The number of anilines is 2. The highest BCUT2D eigenvalue weighted by atomic mass is 19.3. The summed E-state index contributed by atoms with van der Waals surface area (Å²) in [6.07, 6.45) is 3.30. The van der Waals surface area contributed by atoms with Crippen LogP contribution < -0.4 is 15.0 Å². The summed E-state index contributed by atoms with van der Waals surface area (Å²) in [4.78, 5) is 19.1. The molecule has 1 atom stereocenters. The van der Waals surface area contributed by atoms with Crippen LogP contribution in [0, 0.1) is 0 Å². The maximum absolute atomic E-state index is 12.7. The van der Waals surface area contributed by atoms with Crippen molar-refractivity contribution >= 4 is 17.4 Å². The number of nitrogens with zero attached hydrogens (tertiary/aromatic N) is 3. The molecule has 1 aliphatic heterocycles. The largest absolute Gasteiger partial charge is 0.435 e. The van der Waals surface area contributed by atoms with Crippen molar-refractivity contribution in [2.24, 2.45) is 0 Å². The minimum absolute atomic E-state index is 0.00310. The van der Waals surface area contributed by atoms with Gasteiger partial charge in [-0.1, -0.05) is 0 Å². The lowest BCUT2D eigenvalue weighted by molar-refractivity contribution is -0.0498. The van der Waals surface area contributed by atoms with Gasteiger partial charge in [0.25, 0.3) is 5.91 Å². The van der Waals surface area contributed by atoms with Crippen molar-refractivity contribution in [1.29, 1.82) is 0 Å². The number of hydrogen-bond donors (Lipinski definition) is 3. The Hall–Kier alpha value is -3.53. The summed E-state index contributed by atoms with van der Waals surface area (Å²) in [5.41, 5.74) is 2.13. The Bertz CT molecular complexity index is 1010. The Morgan fingerprint density at radius 1 is 1.30 bits per heavy atom. The van der Waals surface area contributed by atoms with E-state index >= 15 is 0 Å². The highest BCUT2D eigenvalue weighted by Crippen LogP contribution is 2.31. The third-order valence-corrected chi connectivity index (χ3v) is 4.72. The number of pyridine rings is 1. The molecule has 2 aromatic heterocycles. The standard InChI is InChI=1S/C20H19F2N5O3/c21-20(22)30-15-3-1-13(2-4-15)25-19(29)12-9-16(17-5-7-24-26-17)18(23-10-12)27-8-6-14(28)11-27/h1-5,7,9-10,14,20,28H,6,8,11H2,(H,24,26)(H,25,29)/t14-/m1/s1. The Morgan fingerprint density at radius 2 is 2.10 bits per heavy atom. The van der Waals surface area contributed by atoms with Crippen molar-refractivity contribution in [3.05, 3.63) is 54.4 Å². The quantitative estimate of drug-likeness (QED) is 0.572. The summed E-state index contributed by atoms with van der Waals surface area (Å²) in [6, 6.07) is 9.11. The molecule has 0 spiro atoms. The molecule has 8 nitrogen and oxygen atoms in total. The van der Waals surface area contributed by atoms with E-state index in [-0.39, 0.29) is 5.75 Å². The number of carbonyl (C=O) groups is 1. The van der Waals surface area contributed by atoms with Crippen LogP contribution in [0.5, 0.6) is 5.75 Å². The first kappa shape index (κ1) is 19.8. The van der Waals surface area contributed by atoms with Crippen LogP contribution in [0.2, 0.25) is 0 Å². The van der Waals surface area contributed by atoms with Crippen LogP contribution in [-0.2, 0) is 0 Å². The second kappa shape index (κ2) is 8.46. The zero-order chi connectivity index (χ0) is 21.1. The third kappa shape index (κ3) is 4.38. The smallest absolute Gasteiger partial charge is 0.387 e. The third-order valence-electron chi connectivity index (χ3n) is 4.72. The number of aliphatic hydroxyl groups excluding tert-OH is 1. The summed E-state index contributed by atoms with van der Waals surface area (Å²) in [5, 5.41) is 19.4. The van der Waals surface area contributed by atoms with Crippen molar-refractivity contribution in [1.82, 2.24) is 15.2 Å². The van der Waals surface area contributed by atoms with Gasteiger partial charge in [-0.05, 0) is 42.8 Å². The van der Waals surface area contributed by atoms with E-state index in [1.807, 2.05) is 4.90 Å². The lowest BCUT2D eigenvalue weighted by Crippen LogP contribution is -2.23. The van der Waals surface area contributed by atoms with Crippen LogP contribution in [0.3, 0.4) is 0 Å². The molecule has 0 bridgehead atoms. The first-order valence-corrected chi connectivity index (χ1v) is 9.28. The van der Waals surface area contributed by atoms with E-state index in [0.717, 1.165) is 0 Å². The Balaban J connectivity index is 1.56. The van der Waals surface area contributed by atoms with E-state index in [4.69, 9.17) is 0 Å². The molecule has 1 fully saturated rings. The average molecular weight is 415 g/mol. The van der Waals surface area contributed by atoms with Gasteiger partial charge in [0.1, 0.15) is 11.6 Å². The number of aliphatic hydroxyl groups is 1. The van der Waals surface area contributed by atoms with Crippen LogP contribution in [-0.4, -0.2) is 52.0 Å². The van der Waals surface area contributed by atoms with Crippen LogP contribution in [0.4, 0.5) is 20.3 Å². The highest BCUT2D eigenvalue weighted by Gasteiger charge is 2.25. The number of nitrogens with one attached hydrogen (secondary N) is 2. The predicted octanol–water partition coefficient (Wildman–Crippen LogP) is 2.90. The number of H-pyrrole nitrogens is 1. The van der Waals surface area contributed by atoms with E-state index in [9.17, 15) is 18.7 Å². The van der Waals surface area contributed by atoms with Crippen LogP contribution in [0.1, 0.15) is 16.8 Å². The van der Waals surface area contributed by atoms with Gasteiger partial charge in [-0.2, -0.15) is 13.9 Å². The first-order valence-electron chi connectivity index (χ1n) is 9.28. The van der Waals surface area contributed by atoms with Gasteiger partial charge in [0.05, 0.1) is 17.4 Å². The number of amides is 1. The molecule has 1 saturated heterocycles. The molecule has 0 saturated carbocycles. The number of carbonyl (C=O) groups excluding carboxylic acids is 1. The summed E-state index contributed by atoms with van der Waals surface area (Å²) in [5.74, 6) is 0.253. The van der Waals surface area contributed by atoms with Crippen molar-refractivity contribution in [2.45, 2.75) is 19.1 Å². The number of halogens is 2. The molecule has 0 radical (unpaired) electrons. The summed E-state index contributed by atoms with van der Waals surface area (Å²) in [7, 11) is 0. The van der Waals surface area contributed by atoms with Gasteiger partial charge in [0.15, 0.2) is 0 Å². The summed E-state index contributed by atoms with van der Waals surface area (Å²) >= 11 is 0. The second-order valence-electron chi connectivity index (χ2n) is 6.81. The Kier molecular flexibility index (Phi) is 5.57. The molecule has 30 heavy (non-hydrogen) atoms. The van der Waals surface area contributed by atoms with Crippen LogP contribution >= 0.6 is 0 Å². The molecule has 156 valence electrons. The molecule has 1 aromatic carbocycles. The van der Waals surface area contributed by atoms with Gasteiger partial charge in [0.2, 0.25) is 0 Å². The zero-order valence-electron chi connectivity index (χ0n) is 15.8. The van der Waals surface area contributed by atoms with Gasteiger partial charge < -0.3 is 20.1 Å². The molecule has 1 amide bonds. The molecule has 0 unspecified atom stereocenters. The second-order valence-corrected chi connectivity index (χ2v) is 6.81. The fraction of sp³-hybridized carbons (Fsp3) is 0.250. The van der Waals surface area contributed by atoms with Gasteiger partial charge in [0, 0.05) is 36.7 Å². The molecule has 3 heterocycles. The Morgan fingerprint density at radius 3 is 2.73 bits per heavy atom. The van der Waals surface area contributed by atoms with E-state index in [0.29, 0.717) is 47.8 Å². The average Bonchev–Trinajstić information content (AvgIpc) is 3.40. The molecule has 10 heteroatoms. The molecule has 3 N–H and O–H groups in total. The van der Waals surface area contributed by atoms with Crippen molar-refractivity contribution in [2.75, 3.05) is 23.3 Å². The van der Waals surface area contributed by atoms with E-state index < -0.39 is 18.6 Å². The number of aromatic nitrogens is 3. The van der Waals surface area contributed by atoms with Crippen molar-refractivity contribution in [3.8, 4) is 17.0 Å². The molecule has 0 aliphatic carbocycles. The van der Waals surface area contributed by atoms with Crippen molar-refractivity contribution in [3.63, 3.8) is 0 Å². The van der Waals surface area contributed by atoms with E-state index in [1.54, 1.807) is 18.3 Å². The number of ether oxygens (including phenoxy) is 1. The number of benzene rings is 1. The van der Waals surface area contributed by atoms with Gasteiger partial charge in [-0.15, -0.1) is 0 Å². The number of β-amino-alcohol motifs (C(OH)–C–C–N with tert-alkyl or cyclic N) is 1. The van der Waals surface area contributed by atoms with Crippen LogP contribution in [0.15, 0.2) is 48.8 Å². The molecule has 1 aliphatic rings. The number of aromatic amines is 1. The number of alkyl halides is 2. The molecular weight excluding hydrogens is 396 g/mol.